The summed E-state index contributed by atoms with van der Waals surface area (Å²) in [6.07, 6.45) is 4.88. The molecule has 1 saturated heterocycles. The largest absolute Gasteiger partial charge is 0.493 e. The molecule has 0 aromatic heterocycles. The predicted octanol–water partition coefficient (Wildman–Crippen LogP) is 2.16. The minimum atomic E-state index is -0.406. The Kier molecular flexibility index (Phi) is 5.49. The number of hydrogen-bond acceptors (Lipinski definition) is 4. The van der Waals surface area contributed by atoms with Crippen molar-refractivity contribution in [3.05, 3.63) is 29.3 Å². The van der Waals surface area contributed by atoms with Crippen molar-refractivity contribution in [3.63, 3.8) is 0 Å². The van der Waals surface area contributed by atoms with E-state index < -0.39 is 6.04 Å². The predicted molar refractivity (Wildman–Crippen MR) is 99.2 cm³/mol. The van der Waals surface area contributed by atoms with Crippen molar-refractivity contribution in [1.29, 1.82) is 0 Å². The quantitative estimate of drug-likeness (QED) is 0.819. The zero-order valence-electron chi connectivity index (χ0n) is 15.6. The second-order valence-electron chi connectivity index (χ2n) is 6.64. The van der Waals surface area contributed by atoms with Crippen LogP contribution in [0.5, 0.6) is 11.5 Å². The summed E-state index contributed by atoms with van der Waals surface area (Å²) in [7, 11) is 0. The second kappa shape index (κ2) is 7.81. The zero-order chi connectivity index (χ0) is 18.7. The minimum absolute atomic E-state index is 0.0876. The number of carbonyl (C=O) groups is 2. The molecule has 3 rings (SSSR count). The first-order chi connectivity index (χ1) is 12.5. The van der Waals surface area contributed by atoms with E-state index in [0.29, 0.717) is 26.1 Å². The maximum absolute atomic E-state index is 12.6. The topological polar surface area (TPSA) is 67.9 Å². The number of hydrogen-bond donors (Lipinski definition) is 1. The minimum Gasteiger partial charge on any atom is -0.493 e. The van der Waals surface area contributed by atoms with Gasteiger partial charge in [0.1, 0.15) is 23.6 Å². The summed E-state index contributed by atoms with van der Waals surface area (Å²) in [6.45, 7) is 7.44. The van der Waals surface area contributed by atoms with Gasteiger partial charge in [-0.1, -0.05) is 6.92 Å². The fraction of sp³-hybridized carbons (Fsp3) is 0.500. The third-order valence-electron chi connectivity index (χ3n) is 4.73. The van der Waals surface area contributed by atoms with Crippen LogP contribution in [0.15, 0.2) is 18.2 Å². The molecular formula is C20H26N2O4. The number of amides is 2. The Labute approximate surface area is 154 Å². The van der Waals surface area contributed by atoms with Crippen LogP contribution in [0.25, 0.3) is 6.08 Å². The van der Waals surface area contributed by atoms with E-state index in [1.807, 2.05) is 32.9 Å². The summed E-state index contributed by atoms with van der Waals surface area (Å²) >= 11 is 0. The smallest absolute Gasteiger partial charge is 0.247 e. The molecule has 0 aliphatic carbocycles. The second-order valence-corrected chi connectivity index (χ2v) is 6.64. The normalized spacial score (nSPS) is 22.1. The lowest BCUT2D eigenvalue weighted by atomic mass is 10.1. The highest BCUT2D eigenvalue weighted by Crippen LogP contribution is 2.35. The van der Waals surface area contributed by atoms with Crippen molar-refractivity contribution in [2.75, 3.05) is 19.7 Å². The molecule has 1 fully saturated rings. The van der Waals surface area contributed by atoms with Crippen LogP contribution in [-0.2, 0) is 16.0 Å². The number of rotatable bonds is 5. The molecule has 6 nitrogen and oxygen atoms in total. The van der Waals surface area contributed by atoms with Crippen molar-refractivity contribution < 1.29 is 19.1 Å². The van der Waals surface area contributed by atoms with Gasteiger partial charge in [0.25, 0.3) is 0 Å². The molecule has 2 aliphatic heterocycles. The SMILES string of the molecule is CCOc1cc2c(cc1/C=C/C(=O)N1CCNC(=O)C1CC)OC(C)C2. The van der Waals surface area contributed by atoms with Crippen molar-refractivity contribution in [1.82, 2.24) is 10.2 Å². The average molecular weight is 358 g/mol. The number of fused-ring (bicyclic) bond motifs is 1. The van der Waals surface area contributed by atoms with Gasteiger partial charge in [-0.05, 0) is 38.5 Å². The van der Waals surface area contributed by atoms with Crippen LogP contribution in [-0.4, -0.2) is 48.6 Å². The molecule has 2 heterocycles. The maximum atomic E-state index is 12.6. The first-order valence-electron chi connectivity index (χ1n) is 9.26. The number of benzene rings is 1. The number of ether oxygens (including phenoxy) is 2. The Morgan fingerprint density at radius 2 is 2.23 bits per heavy atom. The van der Waals surface area contributed by atoms with Crippen LogP contribution in [0.2, 0.25) is 0 Å². The molecule has 1 N–H and O–H groups in total. The van der Waals surface area contributed by atoms with Crippen LogP contribution in [0.4, 0.5) is 0 Å². The van der Waals surface area contributed by atoms with Crippen LogP contribution in [0.3, 0.4) is 0 Å². The van der Waals surface area contributed by atoms with Gasteiger partial charge in [0, 0.05) is 36.7 Å². The van der Waals surface area contributed by atoms with E-state index in [4.69, 9.17) is 9.47 Å². The number of nitrogens with one attached hydrogen (secondary N) is 1. The lowest BCUT2D eigenvalue weighted by Crippen LogP contribution is -2.56. The van der Waals surface area contributed by atoms with Gasteiger partial charge in [0.05, 0.1) is 6.61 Å². The summed E-state index contributed by atoms with van der Waals surface area (Å²) in [6, 6.07) is 3.51. The molecule has 0 spiro atoms. The zero-order valence-corrected chi connectivity index (χ0v) is 15.6. The van der Waals surface area contributed by atoms with Gasteiger partial charge in [0.2, 0.25) is 11.8 Å². The monoisotopic (exact) mass is 358 g/mol. The van der Waals surface area contributed by atoms with E-state index in [-0.39, 0.29) is 17.9 Å². The van der Waals surface area contributed by atoms with Crippen LogP contribution in [0, 0.1) is 0 Å². The van der Waals surface area contributed by atoms with E-state index >= 15 is 0 Å². The first-order valence-corrected chi connectivity index (χ1v) is 9.26. The molecule has 6 heteroatoms. The molecule has 2 amide bonds. The molecule has 2 atom stereocenters. The molecule has 140 valence electrons. The fourth-order valence-corrected chi connectivity index (χ4v) is 3.51. The van der Waals surface area contributed by atoms with Gasteiger partial charge in [-0.25, -0.2) is 0 Å². The molecular weight excluding hydrogens is 332 g/mol. The number of carbonyl (C=O) groups excluding carboxylic acids is 2. The Bertz CT molecular complexity index is 729. The van der Waals surface area contributed by atoms with E-state index in [2.05, 4.69) is 5.32 Å². The van der Waals surface area contributed by atoms with Crippen molar-refractivity contribution >= 4 is 17.9 Å². The van der Waals surface area contributed by atoms with Crippen LogP contribution in [0.1, 0.15) is 38.3 Å². The third kappa shape index (κ3) is 3.69. The van der Waals surface area contributed by atoms with Gasteiger partial charge in [-0.15, -0.1) is 0 Å². The van der Waals surface area contributed by atoms with E-state index in [9.17, 15) is 9.59 Å². The van der Waals surface area contributed by atoms with Crippen molar-refractivity contribution in [3.8, 4) is 11.5 Å². The average Bonchev–Trinajstić information content (AvgIpc) is 2.98. The maximum Gasteiger partial charge on any atom is 0.247 e. The van der Waals surface area contributed by atoms with Crippen molar-refractivity contribution in [2.45, 2.75) is 45.8 Å². The summed E-state index contributed by atoms with van der Waals surface area (Å²) in [4.78, 5) is 26.2. The fourth-order valence-electron chi connectivity index (χ4n) is 3.51. The lowest BCUT2D eigenvalue weighted by Gasteiger charge is -2.33. The summed E-state index contributed by atoms with van der Waals surface area (Å²) in [5, 5.41) is 2.81. The molecule has 2 aliphatic rings. The Morgan fingerprint density at radius 1 is 1.42 bits per heavy atom. The number of nitrogens with zero attached hydrogens (tertiary/aromatic N) is 1. The van der Waals surface area contributed by atoms with Gasteiger partial charge in [0.15, 0.2) is 0 Å². The first kappa shape index (κ1) is 18.3. The van der Waals surface area contributed by atoms with Gasteiger partial charge >= 0.3 is 0 Å². The highest BCUT2D eigenvalue weighted by molar-refractivity contribution is 5.96. The molecule has 1 aromatic rings. The highest BCUT2D eigenvalue weighted by atomic mass is 16.5. The summed E-state index contributed by atoms with van der Waals surface area (Å²) in [5.41, 5.74) is 1.94. The molecule has 0 saturated carbocycles. The molecule has 26 heavy (non-hydrogen) atoms. The Hall–Kier alpha value is -2.50. The lowest BCUT2D eigenvalue weighted by molar-refractivity contribution is -0.140. The van der Waals surface area contributed by atoms with Gasteiger partial charge < -0.3 is 19.7 Å². The Morgan fingerprint density at radius 3 is 2.96 bits per heavy atom. The van der Waals surface area contributed by atoms with E-state index in [1.165, 1.54) is 6.08 Å². The van der Waals surface area contributed by atoms with Crippen LogP contribution >= 0.6 is 0 Å². The van der Waals surface area contributed by atoms with Gasteiger partial charge in [-0.3, -0.25) is 9.59 Å². The molecule has 0 radical (unpaired) electrons. The number of piperazine rings is 1. The highest BCUT2D eigenvalue weighted by Gasteiger charge is 2.30. The van der Waals surface area contributed by atoms with Crippen LogP contribution < -0.4 is 14.8 Å². The van der Waals surface area contributed by atoms with Gasteiger partial charge in [-0.2, -0.15) is 0 Å². The van der Waals surface area contributed by atoms with Crippen molar-refractivity contribution in [2.24, 2.45) is 0 Å². The summed E-state index contributed by atoms with van der Waals surface area (Å²) in [5.74, 6) is 1.34. The summed E-state index contributed by atoms with van der Waals surface area (Å²) < 4.78 is 11.6. The van der Waals surface area contributed by atoms with E-state index in [0.717, 1.165) is 29.0 Å². The third-order valence-corrected chi connectivity index (χ3v) is 4.73. The molecule has 0 bridgehead atoms. The molecule has 2 unspecified atom stereocenters. The standard InChI is InChI=1S/C20H26N2O4/c1-4-16-20(24)21-8-9-22(16)19(23)7-6-14-11-18-15(10-13(3)26-18)12-17(14)25-5-2/h6-7,11-13,16H,4-5,8-10H2,1-3H3,(H,21,24)/b7-6+. The Balaban J connectivity index is 1.82. The van der Waals surface area contributed by atoms with E-state index in [1.54, 1.807) is 11.0 Å². The molecule has 1 aromatic carbocycles.